The Balaban J connectivity index is 2.49. The van der Waals surface area contributed by atoms with Gasteiger partial charge in [-0.15, -0.1) is 0 Å². The van der Waals surface area contributed by atoms with Gasteiger partial charge in [-0.3, -0.25) is 0 Å². The Labute approximate surface area is 112 Å². The maximum atomic E-state index is 11.6. The SMILES string of the molecule is COc1ccc(OC)c2c1CCC(C(=O)OO)C2C. The Morgan fingerprint density at radius 1 is 1.26 bits per heavy atom. The van der Waals surface area contributed by atoms with E-state index in [0.717, 1.165) is 22.6 Å². The zero-order valence-corrected chi connectivity index (χ0v) is 11.3. The number of hydrogen-bond donors (Lipinski definition) is 1. The van der Waals surface area contributed by atoms with Gasteiger partial charge in [0, 0.05) is 11.1 Å². The highest BCUT2D eigenvalue weighted by Crippen LogP contribution is 2.45. The second-order valence-corrected chi connectivity index (χ2v) is 4.71. The second kappa shape index (κ2) is 5.48. The zero-order valence-electron chi connectivity index (χ0n) is 11.3. The van der Waals surface area contributed by atoms with E-state index in [0.29, 0.717) is 12.8 Å². The molecule has 2 atom stereocenters. The van der Waals surface area contributed by atoms with Gasteiger partial charge in [-0.1, -0.05) is 6.92 Å². The van der Waals surface area contributed by atoms with Crippen molar-refractivity contribution in [2.75, 3.05) is 14.2 Å². The van der Waals surface area contributed by atoms with Gasteiger partial charge in [-0.05, 0) is 30.9 Å². The molecule has 0 aliphatic heterocycles. The normalized spacial score (nSPS) is 21.5. The molecule has 0 radical (unpaired) electrons. The topological polar surface area (TPSA) is 65.0 Å². The fourth-order valence-corrected chi connectivity index (χ4v) is 2.89. The van der Waals surface area contributed by atoms with Crippen LogP contribution in [0.1, 0.15) is 30.4 Å². The lowest BCUT2D eigenvalue weighted by molar-refractivity contribution is -0.240. The highest BCUT2D eigenvalue weighted by molar-refractivity contribution is 5.74. The van der Waals surface area contributed by atoms with Crippen molar-refractivity contribution in [2.24, 2.45) is 5.92 Å². The van der Waals surface area contributed by atoms with Gasteiger partial charge in [-0.2, -0.15) is 5.26 Å². The average Bonchev–Trinajstić information content (AvgIpc) is 2.45. The molecular weight excluding hydrogens is 248 g/mol. The summed E-state index contributed by atoms with van der Waals surface area (Å²) in [5.41, 5.74) is 2.03. The van der Waals surface area contributed by atoms with Crippen molar-refractivity contribution in [1.82, 2.24) is 0 Å². The number of rotatable bonds is 3. The van der Waals surface area contributed by atoms with Crippen LogP contribution >= 0.6 is 0 Å². The first kappa shape index (κ1) is 13.7. The zero-order chi connectivity index (χ0) is 14.0. The minimum atomic E-state index is -0.594. The van der Waals surface area contributed by atoms with Crippen LogP contribution in [0, 0.1) is 5.92 Å². The van der Waals surface area contributed by atoms with Gasteiger partial charge in [0.1, 0.15) is 11.5 Å². The lowest BCUT2D eigenvalue weighted by Gasteiger charge is -2.31. The summed E-state index contributed by atoms with van der Waals surface area (Å²) in [6.45, 7) is 1.93. The minimum Gasteiger partial charge on any atom is -0.496 e. The summed E-state index contributed by atoms with van der Waals surface area (Å²) in [4.78, 5) is 15.5. The lowest BCUT2D eigenvalue weighted by atomic mass is 9.75. The number of carbonyl (C=O) groups excluding carboxylic acids is 1. The molecule has 0 saturated carbocycles. The number of ether oxygens (including phenoxy) is 2. The van der Waals surface area contributed by atoms with Crippen LogP contribution in [0.4, 0.5) is 0 Å². The molecule has 1 aromatic rings. The summed E-state index contributed by atoms with van der Waals surface area (Å²) in [6, 6.07) is 3.70. The first-order valence-corrected chi connectivity index (χ1v) is 6.23. The van der Waals surface area contributed by atoms with Crippen LogP contribution in [0.2, 0.25) is 0 Å². The predicted molar refractivity (Wildman–Crippen MR) is 68.5 cm³/mol. The van der Waals surface area contributed by atoms with Gasteiger partial charge in [0.15, 0.2) is 0 Å². The molecule has 1 aliphatic rings. The van der Waals surface area contributed by atoms with E-state index in [1.807, 2.05) is 19.1 Å². The van der Waals surface area contributed by atoms with Crippen LogP contribution < -0.4 is 9.47 Å². The lowest BCUT2D eigenvalue weighted by Crippen LogP contribution is -2.27. The van der Waals surface area contributed by atoms with Crippen LogP contribution in [0.15, 0.2) is 12.1 Å². The second-order valence-electron chi connectivity index (χ2n) is 4.71. The summed E-state index contributed by atoms with van der Waals surface area (Å²) in [6.07, 6.45) is 1.32. The fourth-order valence-electron chi connectivity index (χ4n) is 2.89. The highest BCUT2D eigenvalue weighted by atomic mass is 17.1. The molecule has 2 unspecified atom stereocenters. The van der Waals surface area contributed by atoms with Crippen molar-refractivity contribution < 1.29 is 24.4 Å². The van der Waals surface area contributed by atoms with Gasteiger partial charge in [0.2, 0.25) is 0 Å². The summed E-state index contributed by atoms with van der Waals surface area (Å²) in [5, 5.41) is 8.57. The van der Waals surface area contributed by atoms with E-state index in [2.05, 4.69) is 4.89 Å². The van der Waals surface area contributed by atoms with Crippen molar-refractivity contribution in [2.45, 2.75) is 25.7 Å². The smallest absolute Gasteiger partial charge is 0.345 e. The Hall–Kier alpha value is -1.75. The highest BCUT2D eigenvalue weighted by Gasteiger charge is 2.36. The fraction of sp³-hybridized carbons (Fsp3) is 0.500. The third kappa shape index (κ3) is 2.26. The summed E-state index contributed by atoms with van der Waals surface area (Å²) in [5.74, 6) is 0.493. The van der Waals surface area contributed by atoms with Crippen molar-refractivity contribution in [1.29, 1.82) is 0 Å². The molecule has 0 bridgehead atoms. The summed E-state index contributed by atoms with van der Waals surface area (Å²) >= 11 is 0. The molecule has 2 rings (SSSR count). The van der Waals surface area contributed by atoms with Gasteiger partial charge in [-0.25, -0.2) is 4.79 Å². The van der Waals surface area contributed by atoms with Crippen molar-refractivity contribution >= 4 is 5.97 Å². The molecule has 104 valence electrons. The van der Waals surface area contributed by atoms with Crippen LogP contribution in [-0.4, -0.2) is 25.4 Å². The van der Waals surface area contributed by atoms with E-state index in [4.69, 9.17) is 14.7 Å². The van der Waals surface area contributed by atoms with Crippen LogP contribution in [-0.2, 0) is 16.1 Å². The molecule has 0 fully saturated rings. The number of carbonyl (C=O) groups is 1. The molecule has 1 N–H and O–H groups in total. The van der Waals surface area contributed by atoms with Crippen LogP contribution in [0.3, 0.4) is 0 Å². The predicted octanol–water partition coefficient (Wildman–Crippen LogP) is 2.39. The molecule has 0 saturated heterocycles. The number of methoxy groups -OCH3 is 2. The molecule has 1 aromatic carbocycles. The molecule has 0 amide bonds. The molecular formula is C14H18O5. The summed E-state index contributed by atoms with van der Waals surface area (Å²) < 4.78 is 10.7. The van der Waals surface area contributed by atoms with E-state index >= 15 is 0 Å². The molecule has 0 spiro atoms. The number of benzene rings is 1. The molecule has 0 aromatic heterocycles. The Morgan fingerprint density at radius 2 is 1.89 bits per heavy atom. The van der Waals surface area contributed by atoms with Gasteiger partial charge < -0.3 is 14.4 Å². The van der Waals surface area contributed by atoms with E-state index in [1.165, 1.54) is 0 Å². The third-order valence-corrected chi connectivity index (χ3v) is 3.87. The molecule has 0 heterocycles. The van der Waals surface area contributed by atoms with Gasteiger partial charge in [0.05, 0.1) is 20.1 Å². The van der Waals surface area contributed by atoms with Crippen LogP contribution in [0.25, 0.3) is 0 Å². The quantitative estimate of drug-likeness (QED) is 0.672. The maximum absolute atomic E-state index is 11.6. The van der Waals surface area contributed by atoms with Crippen LogP contribution in [0.5, 0.6) is 11.5 Å². The van der Waals surface area contributed by atoms with Crippen molar-refractivity contribution in [3.8, 4) is 11.5 Å². The molecule has 5 heteroatoms. The molecule has 19 heavy (non-hydrogen) atoms. The van der Waals surface area contributed by atoms with E-state index in [9.17, 15) is 4.79 Å². The van der Waals surface area contributed by atoms with Crippen molar-refractivity contribution in [3.05, 3.63) is 23.3 Å². The number of fused-ring (bicyclic) bond motifs is 1. The molecule has 1 aliphatic carbocycles. The first-order chi connectivity index (χ1) is 9.13. The molecule has 5 nitrogen and oxygen atoms in total. The van der Waals surface area contributed by atoms with E-state index in [1.54, 1.807) is 14.2 Å². The van der Waals surface area contributed by atoms with Gasteiger partial charge in [0.25, 0.3) is 0 Å². The first-order valence-electron chi connectivity index (χ1n) is 6.23. The largest absolute Gasteiger partial charge is 0.496 e. The Bertz CT molecular complexity index is 483. The minimum absolute atomic E-state index is 0.0894. The van der Waals surface area contributed by atoms with Crippen molar-refractivity contribution in [3.63, 3.8) is 0 Å². The summed E-state index contributed by atoms with van der Waals surface area (Å²) in [7, 11) is 3.23. The monoisotopic (exact) mass is 266 g/mol. The van der Waals surface area contributed by atoms with E-state index in [-0.39, 0.29) is 11.8 Å². The Kier molecular flexibility index (Phi) is 3.95. The standard InChI is InChI=1S/C14H18O5/c1-8-9(14(15)19-16)4-5-10-11(17-2)6-7-12(18-3)13(8)10/h6-9,16H,4-5H2,1-3H3. The Morgan fingerprint density at radius 3 is 2.47 bits per heavy atom. The number of hydrogen-bond acceptors (Lipinski definition) is 5. The maximum Gasteiger partial charge on any atom is 0.345 e. The van der Waals surface area contributed by atoms with E-state index < -0.39 is 5.97 Å². The third-order valence-electron chi connectivity index (χ3n) is 3.87. The van der Waals surface area contributed by atoms with Gasteiger partial charge >= 0.3 is 5.97 Å². The average molecular weight is 266 g/mol.